The molecular formula is C19H23N. The van der Waals surface area contributed by atoms with Gasteiger partial charge in [0.25, 0.3) is 0 Å². The Morgan fingerprint density at radius 1 is 1.10 bits per heavy atom. The molecule has 0 radical (unpaired) electrons. The molecule has 20 heavy (non-hydrogen) atoms. The summed E-state index contributed by atoms with van der Waals surface area (Å²) in [6.07, 6.45) is 15.1. The van der Waals surface area contributed by atoms with E-state index in [0.29, 0.717) is 5.92 Å². The van der Waals surface area contributed by atoms with Gasteiger partial charge in [0.05, 0.1) is 11.6 Å². The van der Waals surface area contributed by atoms with E-state index in [0.717, 1.165) is 17.9 Å². The van der Waals surface area contributed by atoms with Gasteiger partial charge in [-0.2, -0.15) is 5.26 Å². The largest absolute Gasteiger partial charge is 0.192 e. The topological polar surface area (TPSA) is 23.8 Å². The van der Waals surface area contributed by atoms with Gasteiger partial charge in [-0.1, -0.05) is 43.4 Å². The van der Waals surface area contributed by atoms with Crippen LogP contribution < -0.4 is 0 Å². The van der Waals surface area contributed by atoms with E-state index in [1.807, 2.05) is 12.1 Å². The molecule has 2 rings (SSSR count). The minimum atomic E-state index is 0.679. The third-order valence-electron chi connectivity index (χ3n) is 4.15. The van der Waals surface area contributed by atoms with Crippen molar-refractivity contribution >= 4 is 0 Å². The van der Waals surface area contributed by atoms with Crippen LogP contribution in [0.4, 0.5) is 0 Å². The third kappa shape index (κ3) is 4.10. The van der Waals surface area contributed by atoms with Crippen LogP contribution in [0.1, 0.15) is 56.1 Å². The maximum Gasteiger partial charge on any atom is 0.0991 e. The van der Waals surface area contributed by atoms with Gasteiger partial charge in [-0.15, -0.1) is 0 Å². The first-order valence-corrected chi connectivity index (χ1v) is 7.67. The van der Waals surface area contributed by atoms with E-state index in [-0.39, 0.29) is 0 Å². The Balaban J connectivity index is 1.86. The minimum Gasteiger partial charge on any atom is -0.192 e. The van der Waals surface area contributed by atoms with Gasteiger partial charge < -0.3 is 0 Å². The van der Waals surface area contributed by atoms with Crippen molar-refractivity contribution in [3.8, 4) is 6.07 Å². The predicted molar refractivity (Wildman–Crippen MR) is 84.4 cm³/mol. The van der Waals surface area contributed by atoms with Crippen LogP contribution in [0.2, 0.25) is 0 Å². The SMILES string of the molecule is CCC=CC=CC1CCC(c2ccc(C#N)cc2)CC1. The number of benzene rings is 1. The molecule has 1 saturated carbocycles. The molecule has 1 nitrogen and oxygen atoms in total. The van der Waals surface area contributed by atoms with Crippen LogP contribution in [-0.2, 0) is 0 Å². The standard InChI is InChI=1S/C19H23N/c1-2-3-4-5-6-16-7-11-18(12-8-16)19-13-9-17(15-20)10-14-19/h3-6,9-10,13-14,16,18H,2,7-8,11-12H2,1H3. The first-order chi connectivity index (χ1) is 9.83. The van der Waals surface area contributed by atoms with Crippen molar-refractivity contribution in [2.24, 2.45) is 5.92 Å². The lowest BCUT2D eigenvalue weighted by Crippen LogP contribution is -2.11. The van der Waals surface area contributed by atoms with E-state index in [9.17, 15) is 0 Å². The van der Waals surface area contributed by atoms with Crippen LogP contribution in [0.5, 0.6) is 0 Å². The van der Waals surface area contributed by atoms with Gasteiger partial charge in [-0.25, -0.2) is 0 Å². The summed E-state index contributed by atoms with van der Waals surface area (Å²) in [6, 6.07) is 10.3. The second-order valence-electron chi connectivity index (χ2n) is 5.57. The molecule has 0 aromatic heterocycles. The van der Waals surface area contributed by atoms with Crippen LogP contribution in [0.25, 0.3) is 0 Å². The quantitative estimate of drug-likeness (QED) is 0.673. The minimum absolute atomic E-state index is 0.679. The second-order valence-corrected chi connectivity index (χ2v) is 5.57. The van der Waals surface area contributed by atoms with E-state index < -0.39 is 0 Å². The maximum absolute atomic E-state index is 8.83. The third-order valence-corrected chi connectivity index (χ3v) is 4.15. The zero-order chi connectivity index (χ0) is 14.2. The smallest absolute Gasteiger partial charge is 0.0991 e. The Bertz CT molecular complexity index is 494. The van der Waals surface area contributed by atoms with Crippen molar-refractivity contribution in [1.82, 2.24) is 0 Å². The first kappa shape index (κ1) is 14.6. The summed E-state index contributed by atoms with van der Waals surface area (Å²) in [7, 11) is 0. The summed E-state index contributed by atoms with van der Waals surface area (Å²) in [4.78, 5) is 0. The molecule has 1 aromatic carbocycles. The van der Waals surface area contributed by atoms with Gasteiger partial charge >= 0.3 is 0 Å². The second kappa shape index (κ2) is 7.70. The molecule has 1 fully saturated rings. The fourth-order valence-electron chi connectivity index (χ4n) is 2.91. The summed E-state index contributed by atoms with van der Waals surface area (Å²) < 4.78 is 0. The molecule has 0 bridgehead atoms. The lowest BCUT2D eigenvalue weighted by Gasteiger charge is -2.27. The average Bonchev–Trinajstić information content (AvgIpc) is 2.52. The zero-order valence-electron chi connectivity index (χ0n) is 12.3. The number of hydrogen-bond donors (Lipinski definition) is 0. The maximum atomic E-state index is 8.83. The highest BCUT2D eigenvalue weighted by Crippen LogP contribution is 2.36. The number of nitrogens with zero attached hydrogens (tertiary/aromatic N) is 1. The van der Waals surface area contributed by atoms with Gasteiger partial charge in [-0.05, 0) is 61.6 Å². The Kier molecular flexibility index (Phi) is 5.62. The van der Waals surface area contributed by atoms with Crippen molar-refractivity contribution in [2.75, 3.05) is 0 Å². The number of allylic oxidation sites excluding steroid dienone is 4. The summed E-state index contributed by atoms with van der Waals surface area (Å²) in [5.41, 5.74) is 2.16. The number of nitriles is 1. The molecule has 0 N–H and O–H groups in total. The van der Waals surface area contributed by atoms with Crippen molar-refractivity contribution < 1.29 is 0 Å². The Hall–Kier alpha value is -1.81. The monoisotopic (exact) mass is 265 g/mol. The van der Waals surface area contributed by atoms with E-state index in [1.165, 1.54) is 31.2 Å². The van der Waals surface area contributed by atoms with Gasteiger partial charge in [0.15, 0.2) is 0 Å². The molecule has 0 unspecified atom stereocenters. The molecular weight excluding hydrogens is 242 g/mol. The summed E-state index contributed by atoms with van der Waals surface area (Å²) in [5, 5.41) is 8.83. The first-order valence-electron chi connectivity index (χ1n) is 7.67. The molecule has 0 aliphatic heterocycles. The van der Waals surface area contributed by atoms with E-state index >= 15 is 0 Å². The Labute approximate surface area is 122 Å². The highest BCUT2D eigenvalue weighted by atomic mass is 14.3. The van der Waals surface area contributed by atoms with Crippen LogP contribution in [0.15, 0.2) is 48.6 Å². The summed E-state index contributed by atoms with van der Waals surface area (Å²) in [6.45, 7) is 2.16. The Morgan fingerprint density at radius 3 is 2.40 bits per heavy atom. The molecule has 0 atom stereocenters. The van der Waals surface area contributed by atoms with E-state index in [4.69, 9.17) is 5.26 Å². The van der Waals surface area contributed by atoms with Gasteiger partial charge in [0.2, 0.25) is 0 Å². The molecule has 1 aromatic rings. The van der Waals surface area contributed by atoms with Gasteiger partial charge in [0, 0.05) is 0 Å². The number of hydrogen-bond acceptors (Lipinski definition) is 1. The van der Waals surface area contributed by atoms with Crippen molar-refractivity contribution in [3.63, 3.8) is 0 Å². The fraction of sp³-hybridized carbons (Fsp3) is 0.421. The van der Waals surface area contributed by atoms with Gasteiger partial charge in [0.1, 0.15) is 0 Å². The molecule has 0 spiro atoms. The average molecular weight is 265 g/mol. The van der Waals surface area contributed by atoms with Crippen molar-refractivity contribution in [1.29, 1.82) is 5.26 Å². The normalized spacial score (nSPS) is 23.2. The van der Waals surface area contributed by atoms with Crippen molar-refractivity contribution in [2.45, 2.75) is 44.9 Å². The van der Waals surface area contributed by atoms with Crippen LogP contribution >= 0.6 is 0 Å². The zero-order valence-corrected chi connectivity index (χ0v) is 12.3. The lowest BCUT2D eigenvalue weighted by atomic mass is 9.78. The molecule has 0 heterocycles. The highest BCUT2D eigenvalue weighted by molar-refractivity contribution is 5.33. The van der Waals surface area contributed by atoms with Crippen molar-refractivity contribution in [3.05, 3.63) is 59.7 Å². The fourth-order valence-corrected chi connectivity index (χ4v) is 2.91. The van der Waals surface area contributed by atoms with Gasteiger partial charge in [-0.3, -0.25) is 0 Å². The van der Waals surface area contributed by atoms with E-state index in [2.05, 4.69) is 49.4 Å². The molecule has 1 aliphatic carbocycles. The van der Waals surface area contributed by atoms with Crippen LogP contribution in [0.3, 0.4) is 0 Å². The molecule has 104 valence electrons. The Morgan fingerprint density at radius 2 is 1.80 bits per heavy atom. The summed E-state index contributed by atoms with van der Waals surface area (Å²) >= 11 is 0. The molecule has 0 saturated heterocycles. The van der Waals surface area contributed by atoms with Crippen LogP contribution in [0, 0.1) is 17.2 Å². The highest BCUT2D eigenvalue weighted by Gasteiger charge is 2.20. The van der Waals surface area contributed by atoms with E-state index in [1.54, 1.807) is 0 Å². The lowest BCUT2D eigenvalue weighted by molar-refractivity contribution is 0.376. The molecule has 1 heteroatoms. The predicted octanol–water partition coefficient (Wildman–Crippen LogP) is 5.35. The van der Waals surface area contributed by atoms with Crippen LogP contribution in [-0.4, -0.2) is 0 Å². The summed E-state index contributed by atoms with van der Waals surface area (Å²) in [5.74, 6) is 1.42. The number of rotatable bonds is 4. The molecule has 0 amide bonds. The molecule has 1 aliphatic rings.